The molecular formula is C24H24Cl2N4O2. The molecule has 32 heavy (non-hydrogen) atoms. The molecule has 4 rings (SSSR count). The smallest absolute Gasteiger partial charge is 0.255 e. The molecule has 166 valence electrons. The van der Waals surface area contributed by atoms with Crippen molar-refractivity contribution >= 4 is 29.1 Å². The molecule has 1 saturated heterocycles. The number of aryl methyl sites for hydroxylation is 1. The van der Waals surface area contributed by atoms with E-state index in [1.165, 1.54) is 11.8 Å². The number of benzene rings is 1. The van der Waals surface area contributed by atoms with E-state index in [2.05, 4.69) is 15.2 Å². The van der Waals surface area contributed by atoms with Gasteiger partial charge in [-0.05, 0) is 55.5 Å². The second-order valence-corrected chi connectivity index (χ2v) is 8.87. The van der Waals surface area contributed by atoms with E-state index in [9.17, 15) is 4.79 Å². The van der Waals surface area contributed by atoms with Gasteiger partial charge in [0.25, 0.3) is 5.91 Å². The molecule has 3 aromatic rings. The Morgan fingerprint density at radius 3 is 2.62 bits per heavy atom. The van der Waals surface area contributed by atoms with Crippen LogP contribution in [-0.2, 0) is 0 Å². The molecule has 0 radical (unpaired) electrons. The number of halogens is 2. The number of piperidine rings is 1. The van der Waals surface area contributed by atoms with E-state index < -0.39 is 0 Å². The van der Waals surface area contributed by atoms with Gasteiger partial charge in [-0.15, -0.1) is 0 Å². The zero-order chi connectivity index (χ0) is 22.5. The molecule has 0 spiro atoms. The van der Waals surface area contributed by atoms with Crippen LogP contribution in [0.25, 0.3) is 0 Å². The maximum atomic E-state index is 13.1. The number of carbonyl (C=O) groups excluding carboxylic acids is 1. The Morgan fingerprint density at radius 2 is 1.91 bits per heavy atom. The highest BCUT2D eigenvalue weighted by molar-refractivity contribution is 6.30. The van der Waals surface area contributed by atoms with E-state index in [0.717, 1.165) is 18.5 Å². The van der Waals surface area contributed by atoms with Gasteiger partial charge in [-0.2, -0.15) is 10.2 Å². The van der Waals surface area contributed by atoms with Crippen LogP contribution < -0.4 is 4.74 Å². The summed E-state index contributed by atoms with van der Waals surface area (Å²) in [6.45, 7) is 3.70. The third-order valence-corrected chi connectivity index (χ3v) is 6.28. The molecule has 0 unspecified atom stereocenters. The first-order valence-corrected chi connectivity index (χ1v) is 11.3. The number of pyridine rings is 1. The molecule has 1 amide bonds. The van der Waals surface area contributed by atoms with Gasteiger partial charge < -0.3 is 9.64 Å². The highest BCUT2D eigenvalue weighted by atomic mass is 35.5. The molecule has 0 aliphatic carbocycles. The molecular weight excluding hydrogens is 447 g/mol. The summed E-state index contributed by atoms with van der Waals surface area (Å²) in [4.78, 5) is 19.2. The monoisotopic (exact) mass is 470 g/mol. The number of amides is 1. The Kier molecular flexibility index (Phi) is 7.22. The van der Waals surface area contributed by atoms with Gasteiger partial charge in [0, 0.05) is 36.3 Å². The molecule has 0 bridgehead atoms. The van der Waals surface area contributed by atoms with Crippen LogP contribution in [0.3, 0.4) is 0 Å². The van der Waals surface area contributed by atoms with Gasteiger partial charge in [-0.1, -0.05) is 35.3 Å². The Bertz CT molecular complexity index is 1060. The van der Waals surface area contributed by atoms with Crippen molar-refractivity contribution in [2.24, 2.45) is 5.92 Å². The molecule has 3 heterocycles. The van der Waals surface area contributed by atoms with Gasteiger partial charge >= 0.3 is 0 Å². The first kappa shape index (κ1) is 22.5. The lowest BCUT2D eigenvalue weighted by Crippen LogP contribution is -2.43. The van der Waals surface area contributed by atoms with E-state index in [4.69, 9.17) is 27.9 Å². The van der Waals surface area contributed by atoms with E-state index in [1.54, 1.807) is 24.4 Å². The lowest BCUT2D eigenvalue weighted by molar-refractivity contribution is 0.0643. The van der Waals surface area contributed by atoms with E-state index in [1.807, 2.05) is 36.1 Å². The number of likely N-dealkylation sites (tertiary alicyclic amines) is 1. The molecule has 1 aromatic carbocycles. The fraction of sp³-hybridized carbons (Fsp3) is 0.333. The van der Waals surface area contributed by atoms with E-state index >= 15 is 0 Å². The first-order chi connectivity index (χ1) is 15.5. The molecule has 6 nitrogen and oxygen atoms in total. The predicted molar refractivity (Wildman–Crippen MR) is 124 cm³/mol. The Labute approximate surface area is 197 Å². The largest absolute Gasteiger partial charge is 0.478 e. The molecule has 2 atom stereocenters. The summed E-state index contributed by atoms with van der Waals surface area (Å²) in [5.41, 5.74) is 2.47. The van der Waals surface area contributed by atoms with Gasteiger partial charge in [0.15, 0.2) is 0 Å². The van der Waals surface area contributed by atoms with Crippen LogP contribution in [0.15, 0.2) is 54.9 Å². The van der Waals surface area contributed by atoms with Crippen molar-refractivity contribution in [1.82, 2.24) is 20.1 Å². The molecule has 0 saturated carbocycles. The quantitative estimate of drug-likeness (QED) is 0.494. The minimum absolute atomic E-state index is 0.0120. The van der Waals surface area contributed by atoms with Crippen LogP contribution >= 0.6 is 23.2 Å². The average Bonchev–Trinajstić information content (AvgIpc) is 2.81. The van der Waals surface area contributed by atoms with E-state index in [-0.39, 0.29) is 11.8 Å². The topological polar surface area (TPSA) is 68.2 Å². The number of hydrogen-bond acceptors (Lipinski definition) is 5. The van der Waals surface area contributed by atoms with Gasteiger partial charge in [0.05, 0.1) is 29.1 Å². The molecule has 2 aromatic heterocycles. The standard InChI is InChI=1S/C24H24Cl2N4O2/c1-16-12-19(13-28-29-16)24(31)30-10-8-18(9-11-32-23-7-6-21(26)14-27-23)22(15-30)17-2-4-20(25)5-3-17/h2-7,12-14,18,22H,8-11,15H2,1H3/t18-,22+/m0/s1. The predicted octanol–water partition coefficient (Wildman–Crippen LogP) is 5.20. The number of hydrogen-bond donors (Lipinski definition) is 0. The fourth-order valence-corrected chi connectivity index (χ4v) is 4.39. The molecule has 1 aliphatic rings. The summed E-state index contributed by atoms with van der Waals surface area (Å²) in [5.74, 6) is 1.10. The zero-order valence-corrected chi connectivity index (χ0v) is 19.3. The lowest BCUT2D eigenvalue weighted by Gasteiger charge is -2.39. The number of ether oxygens (including phenoxy) is 1. The third kappa shape index (κ3) is 5.56. The minimum atomic E-state index is -0.0120. The second kappa shape index (κ2) is 10.3. The Balaban J connectivity index is 1.47. The highest BCUT2D eigenvalue weighted by Gasteiger charge is 2.33. The van der Waals surface area contributed by atoms with Crippen molar-refractivity contribution < 1.29 is 9.53 Å². The van der Waals surface area contributed by atoms with Crippen molar-refractivity contribution in [3.05, 3.63) is 81.7 Å². The summed E-state index contributed by atoms with van der Waals surface area (Å²) in [7, 11) is 0. The van der Waals surface area contributed by atoms with Crippen LogP contribution in [0.4, 0.5) is 0 Å². The summed E-state index contributed by atoms with van der Waals surface area (Å²) in [5, 5.41) is 9.17. The average molecular weight is 471 g/mol. The maximum absolute atomic E-state index is 13.1. The molecule has 8 heteroatoms. The Hall–Kier alpha value is -2.70. The van der Waals surface area contributed by atoms with Gasteiger partial charge in [0.1, 0.15) is 0 Å². The van der Waals surface area contributed by atoms with Gasteiger partial charge in [-0.25, -0.2) is 4.98 Å². The fourth-order valence-electron chi connectivity index (χ4n) is 4.15. The second-order valence-electron chi connectivity index (χ2n) is 8.00. The Morgan fingerprint density at radius 1 is 1.12 bits per heavy atom. The van der Waals surface area contributed by atoms with Gasteiger partial charge in [0.2, 0.25) is 5.88 Å². The summed E-state index contributed by atoms with van der Waals surface area (Å²) >= 11 is 12.0. The summed E-state index contributed by atoms with van der Waals surface area (Å²) in [6.07, 6.45) is 4.85. The highest BCUT2D eigenvalue weighted by Crippen LogP contribution is 2.36. The van der Waals surface area contributed by atoms with Crippen LogP contribution in [0.2, 0.25) is 10.0 Å². The molecule has 1 aliphatic heterocycles. The summed E-state index contributed by atoms with van der Waals surface area (Å²) in [6, 6.07) is 13.2. The lowest BCUT2D eigenvalue weighted by atomic mass is 9.79. The number of carbonyl (C=O) groups is 1. The van der Waals surface area contributed by atoms with Gasteiger partial charge in [-0.3, -0.25) is 4.79 Å². The van der Waals surface area contributed by atoms with Crippen LogP contribution in [0.1, 0.15) is 40.4 Å². The normalized spacial score (nSPS) is 18.4. The van der Waals surface area contributed by atoms with Crippen molar-refractivity contribution in [2.75, 3.05) is 19.7 Å². The van der Waals surface area contributed by atoms with Crippen molar-refractivity contribution in [1.29, 1.82) is 0 Å². The minimum Gasteiger partial charge on any atom is -0.478 e. The third-order valence-electron chi connectivity index (χ3n) is 5.80. The SMILES string of the molecule is Cc1cc(C(=O)N2CC[C@@H](CCOc3ccc(Cl)cn3)[C@@H](c3ccc(Cl)cc3)C2)cnn1. The number of rotatable bonds is 6. The maximum Gasteiger partial charge on any atom is 0.255 e. The zero-order valence-electron chi connectivity index (χ0n) is 17.7. The summed E-state index contributed by atoms with van der Waals surface area (Å²) < 4.78 is 5.84. The first-order valence-electron chi connectivity index (χ1n) is 10.6. The molecule has 0 N–H and O–H groups in total. The van der Waals surface area contributed by atoms with Crippen LogP contribution in [-0.4, -0.2) is 45.7 Å². The van der Waals surface area contributed by atoms with Crippen LogP contribution in [0.5, 0.6) is 5.88 Å². The van der Waals surface area contributed by atoms with E-state index in [0.29, 0.717) is 47.1 Å². The van der Waals surface area contributed by atoms with Crippen molar-refractivity contribution in [3.8, 4) is 5.88 Å². The van der Waals surface area contributed by atoms with Crippen molar-refractivity contribution in [3.63, 3.8) is 0 Å². The van der Waals surface area contributed by atoms with Crippen molar-refractivity contribution in [2.45, 2.75) is 25.7 Å². The molecule has 1 fully saturated rings. The number of aromatic nitrogens is 3. The number of nitrogens with zero attached hydrogens (tertiary/aromatic N) is 4. The van der Waals surface area contributed by atoms with Crippen LogP contribution in [0, 0.1) is 12.8 Å².